The van der Waals surface area contributed by atoms with Crippen LogP contribution in [0.5, 0.6) is 0 Å². The highest BCUT2D eigenvalue weighted by atomic mass is 15.1. The van der Waals surface area contributed by atoms with Gasteiger partial charge in [-0.05, 0) is 13.3 Å². The molecule has 0 heterocycles. The van der Waals surface area contributed by atoms with Crippen molar-refractivity contribution >= 4 is 0 Å². The van der Waals surface area contributed by atoms with Gasteiger partial charge in [0.1, 0.15) is 0 Å². The molecule has 0 aliphatic heterocycles. The van der Waals surface area contributed by atoms with Crippen molar-refractivity contribution in [1.29, 1.82) is 0 Å². The molecular weight excluding hydrogens is 242 g/mol. The van der Waals surface area contributed by atoms with Gasteiger partial charge in [-0.2, -0.15) is 0 Å². The minimum absolute atomic E-state index is 0.649. The van der Waals surface area contributed by atoms with E-state index in [-0.39, 0.29) is 0 Å². The molecule has 0 aliphatic carbocycles. The molecule has 1 unspecified atom stereocenters. The van der Waals surface area contributed by atoms with Crippen LogP contribution in [-0.2, 0) is 0 Å². The molecule has 0 saturated carbocycles. The molecule has 0 rings (SSSR count). The van der Waals surface area contributed by atoms with Crippen molar-refractivity contribution in [3.63, 3.8) is 0 Å². The fourth-order valence-electron chi connectivity index (χ4n) is 2.70. The topological polar surface area (TPSA) is 3.24 Å². The zero-order chi connectivity index (χ0) is 15.1. The van der Waals surface area contributed by atoms with Crippen LogP contribution in [0, 0.1) is 0 Å². The van der Waals surface area contributed by atoms with E-state index in [1.807, 2.05) is 12.2 Å². The van der Waals surface area contributed by atoms with E-state index in [4.69, 9.17) is 0 Å². The second kappa shape index (κ2) is 14.8. The predicted molar refractivity (Wildman–Crippen MR) is 93.3 cm³/mol. The van der Waals surface area contributed by atoms with Gasteiger partial charge in [-0.25, -0.2) is 0 Å². The van der Waals surface area contributed by atoms with E-state index in [1.54, 1.807) is 0 Å². The minimum Gasteiger partial charge on any atom is -0.293 e. The van der Waals surface area contributed by atoms with Gasteiger partial charge in [0.2, 0.25) is 0 Å². The summed E-state index contributed by atoms with van der Waals surface area (Å²) < 4.78 is 0. The van der Waals surface area contributed by atoms with Gasteiger partial charge >= 0.3 is 0 Å². The first kappa shape index (κ1) is 19.4. The summed E-state index contributed by atoms with van der Waals surface area (Å²) >= 11 is 0. The quantitative estimate of drug-likeness (QED) is 0.264. The Morgan fingerprint density at radius 1 is 0.800 bits per heavy atom. The van der Waals surface area contributed by atoms with Gasteiger partial charge in [-0.15, -0.1) is 13.2 Å². The highest BCUT2D eigenvalue weighted by Gasteiger charge is 2.10. The molecule has 20 heavy (non-hydrogen) atoms. The number of unbranched alkanes of at least 4 members (excludes halogenated alkanes) is 8. The van der Waals surface area contributed by atoms with Crippen molar-refractivity contribution in [2.45, 2.75) is 84.1 Å². The van der Waals surface area contributed by atoms with Crippen LogP contribution in [0.4, 0.5) is 0 Å². The van der Waals surface area contributed by atoms with Gasteiger partial charge < -0.3 is 0 Å². The Balaban J connectivity index is 3.47. The fourth-order valence-corrected chi connectivity index (χ4v) is 2.70. The van der Waals surface area contributed by atoms with Crippen LogP contribution in [0.2, 0.25) is 0 Å². The maximum Gasteiger partial charge on any atom is 0.0166 e. The Morgan fingerprint density at radius 3 is 1.70 bits per heavy atom. The van der Waals surface area contributed by atoms with E-state index in [9.17, 15) is 0 Å². The Hall–Kier alpha value is -0.560. The van der Waals surface area contributed by atoms with Crippen LogP contribution in [-0.4, -0.2) is 24.0 Å². The number of hydrogen-bond donors (Lipinski definition) is 0. The normalized spacial score (nSPS) is 12.6. The van der Waals surface area contributed by atoms with Crippen molar-refractivity contribution in [2.24, 2.45) is 0 Å². The SMILES string of the molecule is C=CCN(CC=C)C(C)CCCCCCCCCCC. The van der Waals surface area contributed by atoms with Crippen LogP contribution >= 0.6 is 0 Å². The first-order valence-corrected chi connectivity index (χ1v) is 8.72. The number of rotatable bonds is 15. The third kappa shape index (κ3) is 11.3. The van der Waals surface area contributed by atoms with Gasteiger partial charge in [0.15, 0.2) is 0 Å². The Morgan fingerprint density at radius 2 is 1.25 bits per heavy atom. The van der Waals surface area contributed by atoms with Crippen molar-refractivity contribution in [2.75, 3.05) is 13.1 Å². The van der Waals surface area contributed by atoms with Gasteiger partial charge in [0, 0.05) is 19.1 Å². The largest absolute Gasteiger partial charge is 0.293 e. The summed E-state index contributed by atoms with van der Waals surface area (Å²) in [6, 6.07) is 0.649. The molecule has 0 bridgehead atoms. The summed E-state index contributed by atoms with van der Waals surface area (Å²) in [7, 11) is 0. The van der Waals surface area contributed by atoms with Crippen molar-refractivity contribution in [3.05, 3.63) is 25.3 Å². The highest BCUT2D eigenvalue weighted by Crippen LogP contribution is 2.13. The Bertz CT molecular complexity index is 212. The Kier molecular flexibility index (Phi) is 14.4. The molecule has 1 atom stereocenters. The number of nitrogens with zero attached hydrogens (tertiary/aromatic N) is 1. The van der Waals surface area contributed by atoms with Crippen LogP contribution in [0.3, 0.4) is 0 Å². The predicted octanol–water partition coefficient (Wildman–Crippen LogP) is 5.97. The molecule has 0 aromatic heterocycles. The Labute approximate surface area is 128 Å². The fraction of sp³-hybridized carbons (Fsp3) is 0.789. The molecule has 1 heteroatoms. The second-order valence-corrected chi connectivity index (χ2v) is 6.00. The molecule has 1 nitrogen and oxygen atoms in total. The summed E-state index contributed by atoms with van der Waals surface area (Å²) in [6.07, 6.45) is 18.0. The van der Waals surface area contributed by atoms with E-state index in [1.165, 1.54) is 64.2 Å². The van der Waals surface area contributed by atoms with E-state index < -0.39 is 0 Å². The van der Waals surface area contributed by atoms with Gasteiger partial charge in [-0.1, -0.05) is 76.9 Å². The first-order valence-electron chi connectivity index (χ1n) is 8.72. The zero-order valence-corrected chi connectivity index (χ0v) is 14.1. The van der Waals surface area contributed by atoms with E-state index >= 15 is 0 Å². The molecule has 118 valence electrons. The summed E-state index contributed by atoms with van der Waals surface area (Å²) in [4.78, 5) is 2.45. The lowest BCUT2D eigenvalue weighted by molar-refractivity contribution is 0.239. The lowest BCUT2D eigenvalue weighted by Gasteiger charge is -2.26. The maximum atomic E-state index is 3.84. The molecule has 0 radical (unpaired) electrons. The molecule has 0 aromatic carbocycles. The molecule has 0 aromatic rings. The van der Waals surface area contributed by atoms with E-state index in [0.717, 1.165) is 13.1 Å². The van der Waals surface area contributed by atoms with Crippen LogP contribution < -0.4 is 0 Å². The van der Waals surface area contributed by atoms with E-state index in [0.29, 0.717) is 6.04 Å². The van der Waals surface area contributed by atoms with Gasteiger partial charge in [0.05, 0.1) is 0 Å². The summed E-state index contributed by atoms with van der Waals surface area (Å²) in [5.41, 5.74) is 0. The minimum atomic E-state index is 0.649. The molecule has 0 saturated heterocycles. The summed E-state index contributed by atoms with van der Waals surface area (Å²) in [5.74, 6) is 0. The molecule has 0 N–H and O–H groups in total. The second-order valence-electron chi connectivity index (χ2n) is 6.00. The van der Waals surface area contributed by atoms with E-state index in [2.05, 4.69) is 31.9 Å². The molecule has 0 fully saturated rings. The monoisotopic (exact) mass is 279 g/mol. The van der Waals surface area contributed by atoms with Crippen LogP contribution in [0.15, 0.2) is 25.3 Å². The van der Waals surface area contributed by atoms with Crippen molar-refractivity contribution < 1.29 is 0 Å². The zero-order valence-electron chi connectivity index (χ0n) is 14.1. The van der Waals surface area contributed by atoms with Crippen LogP contribution in [0.25, 0.3) is 0 Å². The lowest BCUT2D eigenvalue weighted by atomic mass is 10.0. The average Bonchev–Trinajstić information content (AvgIpc) is 2.45. The third-order valence-electron chi connectivity index (χ3n) is 4.08. The third-order valence-corrected chi connectivity index (χ3v) is 4.08. The summed E-state index contributed by atoms with van der Waals surface area (Å²) in [5, 5.41) is 0. The van der Waals surface area contributed by atoms with Crippen molar-refractivity contribution in [1.82, 2.24) is 4.90 Å². The number of hydrogen-bond acceptors (Lipinski definition) is 1. The smallest absolute Gasteiger partial charge is 0.0166 e. The average molecular weight is 280 g/mol. The lowest BCUT2D eigenvalue weighted by Crippen LogP contribution is -2.33. The van der Waals surface area contributed by atoms with Gasteiger partial charge in [0.25, 0.3) is 0 Å². The van der Waals surface area contributed by atoms with Gasteiger partial charge in [-0.3, -0.25) is 4.90 Å². The molecule has 0 spiro atoms. The standard InChI is InChI=1S/C19H37N/c1-5-8-9-10-11-12-13-14-15-16-19(4)20(17-6-2)18-7-3/h6-7,19H,2-3,5,8-18H2,1,4H3. The summed E-state index contributed by atoms with van der Waals surface area (Å²) in [6.45, 7) is 14.2. The molecule has 0 amide bonds. The van der Waals surface area contributed by atoms with Crippen LogP contribution in [0.1, 0.15) is 78.1 Å². The molecular formula is C19H37N. The highest BCUT2D eigenvalue weighted by molar-refractivity contribution is 4.82. The maximum absolute atomic E-state index is 3.84. The first-order chi connectivity index (χ1) is 9.76. The molecule has 0 aliphatic rings. The van der Waals surface area contributed by atoms with Crippen molar-refractivity contribution in [3.8, 4) is 0 Å².